The summed E-state index contributed by atoms with van der Waals surface area (Å²) in [6.07, 6.45) is 3.96. The van der Waals surface area contributed by atoms with Crippen LogP contribution in [-0.2, 0) is 33.7 Å². The SMILES string of the molecule is CCOC(=O)c1c(NC(=O)COC(=O)c2cn(CC)c3nc(C)ccc3c2=O)sc2c1CCC2. The highest BCUT2D eigenvalue weighted by molar-refractivity contribution is 7.17. The lowest BCUT2D eigenvalue weighted by Crippen LogP contribution is -2.25. The van der Waals surface area contributed by atoms with E-state index in [0.717, 1.165) is 35.4 Å². The molecule has 1 aliphatic rings. The zero-order valence-corrected chi connectivity index (χ0v) is 20.0. The van der Waals surface area contributed by atoms with Crippen LogP contribution in [0.3, 0.4) is 0 Å². The van der Waals surface area contributed by atoms with Gasteiger partial charge in [-0.3, -0.25) is 9.59 Å². The Labute approximate surface area is 199 Å². The molecule has 0 aromatic carbocycles. The predicted molar refractivity (Wildman–Crippen MR) is 128 cm³/mol. The number of thiophene rings is 1. The molecule has 3 aromatic rings. The highest BCUT2D eigenvalue weighted by atomic mass is 32.1. The second-order valence-corrected chi connectivity index (χ2v) is 8.99. The van der Waals surface area contributed by atoms with Gasteiger partial charge >= 0.3 is 11.9 Å². The number of hydrogen-bond acceptors (Lipinski definition) is 8. The van der Waals surface area contributed by atoms with Crippen LogP contribution in [0.1, 0.15) is 57.1 Å². The molecule has 1 aliphatic carbocycles. The fourth-order valence-electron chi connectivity index (χ4n) is 4.03. The highest BCUT2D eigenvalue weighted by Crippen LogP contribution is 2.39. The summed E-state index contributed by atoms with van der Waals surface area (Å²) in [6.45, 7) is 5.53. The topological polar surface area (TPSA) is 117 Å². The summed E-state index contributed by atoms with van der Waals surface area (Å²) < 4.78 is 12.0. The van der Waals surface area contributed by atoms with Crippen LogP contribution in [-0.4, -0.2) is 40.6 Å². The molecule has 0 saturated carbocycles. The third kappa shape index (κ3) is 4.45. The van der Waals surface area contributed by atoms with E-state index in [4.69, 9.17) is 9.47 Å². The van der Waals surface area contributed by atoms with Crippen LogP contribution in [0.15, 0.2) is 23.1 Å². The van der Waals surface area contributed by atoms with E-state index >= 15 is 0 Å². The molecule has 0 bridgehead atoms. The van der Waals surface area contributed by atoms with Crippen molar-refractivity contribution in [1.82, 2.24) is 9.55 Å². The number of fused-ring (bicyclic) bond motifs is 2. The molecule has 10 heteroatoms. The summed E-state index contributed by atoms with van der Waals surface area (Å²) >= 11 is 1.34. The van der Waals surface area contributed by atoms with Gasteiger partial charge < -0.3 is 19.4 Å². The lowest BCUT2D eigenvalue weighted by molar-refractivity contribution is -0.119. The number of pyridine rings is 2. The van der Waals surface area contributed by atoms with Crippen LogP contribution in [0.2, 0.25) is 0 Å². The minimum Gasteiger partial charge on any atom is -0.462 e. The summed E-state index contributed by atoms with van der Waals surface area (Å²) in [6, 6.07) is 3.33. The Hall–Kier alpha value is -3.53. The maximum Gasteiger partial charge on any atom is 0.344 e. The Morgan fingerprint density at radius 1 is 1.15 bits per heavy atom. The van der Waals surface area contributed by atoms with Crippen LogP contribution in [0, 0.1) is 6.92 Å². The van der Waals surface area contributed by atoms with Gasteiger partial charge in [-0.2, -0.15) is 0 Å². The highest BCUT2D eigenvalue weighted by Gasteiger charge is 2.28. The standard InChI is InChI=1S/C24H25N3O6S/c1-4-27-11-16(20(29)15-10-9-13(3)25-21(15)27)23(30)33-12-18(28)26-22-19(24(31)32-5-2)14-7-6-8-17(14)34-22/h9-11H,4-8,12H2,1-3H3,(H,26,28). The van der Waals surface area contributed by atoms with Gasteiger partial charge in [0.2, 0.25) is 5.43 Å². The molecule has 0 fully saturated rings. The summed E-state index contributed by atoms with van der Waals surface area (Å²) in [5.74, 6) is -1.98. The van der Waals surface area contributed by atoms with Gasteiger partial charge in [-0.25, -0.2) is 14.6 Å². The molecule has 0 unspecified atom stereocenters. The van der Waals surface area contributed by atoms with E-state index in [1.807, 2.05) is 13.8 Å². The van der Waals surface area contributed by atoms with Crippen molar-refractivity contribution in [2.45, 2.75) is 46.6 Å². The number of aromatic nitrogens is 2. The van der Waals surface area contributed by atoms with E-state index in [1.165, 1.54) is 17.5 Å². The Kier molecular flexibility index (Phi) is 6.78. The number of nitrogens with zero attached hydrogens (tertiary/aromatic N) is 2. The molecule has 3 heterocycles. The third-order valence-electron chi connectivity index (χ3n) is 5.61. The zero-order valence-electron chi connectivity index (χ0n) is 19.2. The van der Waals surface area contributed by atoms with Crippen LogP contribution < -0.4 is 10.7 Å². The third-order valence-corrected chi connectivity index (χ3v) is 6.82. The van der Waals surface area contributed by atoms with E-state index in [1.54, 1.807) is 23.6 Å². The number of nitrogens with one attached hydrogen (secondary N) is 1. The Morgan fingerprint density at radius 2 is 1.94 bits per heavy atom. The van der Waals surface area contributed by atoms with Crippen molar-refractivity contribution in [3.05, 3.63) is 55.8 Å². The first kappa shape index (κ1) is 23.6. The summed E-state index contributed by atoms with van der Waals surface area (Å²) in [5.41, 5.74) is 1.85. The van der Waals surface area contributed by atoms with Gasteiger partial charge in [0.05, 0.1) is 17.6 Å². The predicted octanol–water partition coefficient (Wildman–Crippen LogP) is 3.25. The summed E-state index contributed by atoms with van der Waals surface area (Å²) in [4.78, 5) is 55.9. The van der Waals surface area contributed by atoms with Crippen LogP contribution in [0.4, 0.5) is 5.00 Å². The normalized spacial score (nSPS) is 12.4. The number of anilines is 1. The van der Waals surface area contributed by atoms with Crippen molar-refractivity contribution in [3.63, 3.8) is 0 Å². The van der Waals surface area contributed by atoms with Gasteiger partial charge in [0.25, 0.3) is 5.91 Å². The number of esters is 2. The lowest BCUT2D eigenvalue weighted by Gasteiger charge is -2.11. The Bertz CT molecular complexity index is 1360. The van der Waals surface area contributed by atoms with Gasteiger partial charge in [0, 0.05) is 23.3 Å². The van der Waals surface area contributed by atoms with Gasteiger partial charge in [0.1, 0.15) is 16.2 Å². The Morgan fingerprint density at radius 3 is 2.68 bits per heavy atom. The molecule has 0 aliphatic heterocycles. The smallest absolute Gasteiger partial charge is 0.344 e. The average molecular weight is 484 g/mol. The van der Waals surface area contributed by atoms with Crippen LogP contribution in [0.25, 0.3) is 11.0 Å². The second-order valence-electron chi connectivity index (χ2n) is 7.89. The minimum absolute atomic E-state index is 0.171. The molecule has 0 saturated heterocycles. The lowest BCUT2D eigenvalue weighted by atomic mass is 10.1. The minimum atomic E-state index is -0.899. The van der Waals surface area contributed by atoms with Crippen molar-refractivity contribution in [2.75, 3.05) is 18.5 Å². The van der Waals surface area contributed by atoms with Crippen molar-refractivity contribution >= 4 is 45.2 Å². The molecular weight excluding hydrogens is 458 g/mol. The van der Waals surface area contributed by atoms with E-state index in [-0.39, 0.29) is 12.2 Å². The zero-order chi connectivity index (χ0) is 24.4. The number of amides is 1. The first-order valence-corrected chi connectivity index (χ1v) is 11.9. The monoisotopic (exact) mass is 483 g/mol. The quantitative estimate of drug-likeness (QED) is 0.513. The van der Waals surface area contributed by atoms with Crippen LogP contribution in [0.5, 0.6) is 0 Å². The first-order valence-electron chi connectivity index (χ1n) is 11.1. The first-order chi connectivity index (χ1) is 16.3. The van der Waals surface area contributed by atoms with E-state index < -0.39 is 29.9 Å². The molecule has 178 valence electrons. The van der Waals surface area contributed by atoms with Crippen molar-refractivity contribution in [3.8, 4) is 0 Å². The molecule has 3 aromatic heterocycles. The maximum absolute atomic E-state index is 12.8. The number of rotatable bonds is 7. The van der Waals surface area contributed by atoms with Crippen molar-refractivity contribution < 1.29 is 23.9 Å². The largest absolute Gasteiger partial charge is 0.462 e. The molecule has 1 N–H and O–H groups in total. The average Bonchev–Trinajstić information content (AvgIpc) is 3.38. The number of carbonyl (C=O) groups excluding carboxylic acids is 3. The van der Waals surface area contributed by atoms with Crippen molar-refractivity contribution in [1.29, 1.82) is 0 Å². The molecule has 1 amide bonds. The summed E-state index contributed by atoms with van der Waals surface area (Å²) in [7, 11) is 0. The van der Waals surface area contributed by atoms with Gasteiger partial charge in [-0.05, 0) is 57.7 Å². The van der Waals surface area contributed by atoms with E-state index in [0.29, 0.717) is 28.1 Å². The van der Waals surface area contributed by atoms with Gasteiger partial charge in [-0.15, -0.1) is 11.3 Å². The molecule has 4 rings (SSSR count). The number of hydrogen-bond donors (Lipinski definition) is 1. The van der Waals surface area contributed by atoms with Crippen molar-refractivity contribution in [2.24, 2.45) is 0 Å². The van der Waals surface area contributed by atoms with E-state index in [2.05, 4.69) is 10.3 Å². The molecule has 0 atom stereocenters. The van der Waals surface area contributed by atoms with Gasteiger partial charge in [0.15, 0.2) is 6.61 Å². The fraction of sp³-hybridized carbons (Fsp3) is 0.375. The number of carbonyl (C=O) groups is 3. The summed E-state index contributed by atoms with van der Waals surface area (Å²) in [5, 5.41) is 3.36. The number of ether oxygens (including phenoxy) is 2. The molecule has 0 radical (unpaired) electrons. The Balaban J connectivity index is 1.50. The maximum atomic E-state index is 12.8. The second kappa shape index (κ2) is 9.76. The molecular formula is C24H25N3O6S. The van der Waals surface area contributed by atoms with E-state index in [9.17, 15) is 19.2 Å². The van der Waals surface area contributed by atoms with Gasteiger partial charge in [-0.1, -0.05) is 0 Å². The molecule has 34 heavy (non-hydrogen) atoms. The van der Waals surface area contributed by atoms with Crippen LogP contribution >= 0.6 is 11.3 Å². The molecule has 0 spiro atoms. The fourth-order valence-corrected chi connectivity index (χ4v) is 5.32. The molecule has 9 nitrogen and oxygen atoms in total. The number of aryl methyl sites for hydroxylation is 3.